The summed E-state index contributed by atoms with van der Waals surface area (Å²) < 4.78 is 2.38. The van der Waals surface area contributed by atoms with Gasteiger partial charge in [0.1, 0.15) is 0 Å². The van der Waals surface area contributed by atoms with E-state index >= 15 is 0 Å². The third-order valence-corrected chi connectivity index (χ3v) is 4.99. The molecule has 0 bridgehead atoms. The zero-order valence-electron chi connectivity index (χ0n) is 12.1. The Morgan fingerprint density at radius 3 is 2.95 bits per heavy atom. The van der Waals surface area contributed by atoms with Gasteiger partial charge in [-0.1, -0.05) is 25.3 Å². The van der Waals surface area contributed by atoms with Crippen molar-refractivity contribution in [1.29, 1.82) is 0 Å². The topological polar surface area (TPSA) is 29.9 Å². The molecule has 1 N–H and O–H groups in total. The van der Waals surface area contributed by atoms with Gasteiger partial charge in [-0.05, 0) is 37.6 Å². The van der Waals surface area contributed by atoms with Gasteiger partial charge in [0.25, 0.3) is 0 Å². The lowest BCUT2D eigenvalue weighted by Gasteiger charge is -2.24. The van der Waals surface area contributed by atoms with Crippen LogP contribution in [-0.2, 0) is 6.42 Å². The largest absolute Gasteiger partial charge is 0.355 e. The van der Waals surface area contributed by atoms with Crippen molar-refractivity contribution in [3.63, 3.8) is 0 Å². The Hall–Kier alpha value is -1.29. The van der Waals surface area contributed by atoms with Crippen LogP contribution in [0.2, 0.25) is 0 Å². The molecule has 0 amide bonds. The number of aromatic nitrogens is 2. The van der Waals surface area contributed by atoms with E-state index < -0.39 is 0 Å². The molecule has 0 radical (unpaired) electrons. The van der Waals surface area contributed by atoms with Crippen LogP contribution in [0.5, 0.6) is 0 Å². The first kappa shape index (κ1) is 13.7. The average Bonchev–Trinajstić information content (AvgIpc) is 3.10. The van der Waals surface area contributed by atoms with Gasteiger partial charge in [0, 0.05) is 23.7 Å². The molecule has 0 saturated heterocycles. The lowest BCUT2D eigenvalue weighted by molar-refractivity contribution is 0.355. The van der Waals surface area contributed by atoms with E-state index in [1.807, 2.05) is 11.3 Å². The zero-order chi connectivity index (χ0) is 13.8. The van der Waals surface area contributed by atoms with Crippen molar-refractivity contribution in [2.24, 2.45) is 0 Å². The molecule has 0 atom stereocenters. The molecule has 1 saturated carbocycles. The van der Waals surface area contributed by atoms with Crippen molar-refractivity contribution < 1.29 is 0 Å². The number of rotatable bonds is 5. The van der Waals surface area contributed by atoms with Gasteiger partial charge < -0.3 is 9.88 Å². The second-order valence-corrected chi connectivity index (χ2v) is 6.69. The maximum Gasteiger partial charge on any atom is 0.203 e. The van der Waals surface area contributed by atoms with Gasteiger partial charge in [-0.25, -0.2) is 4.98 Å². The molecule has 0 aromatic carbocycles. The molecule has 2 aromatic rings. The van der Waals surface area contributed by atoms with E-state index in [0.717, 1.165) is 24.6 Å². The highest BCUT2D eigenvalue weighted by atomic mass is 32.1. The number of hydrogen-bond donors (Lipinski definition) is 1. The number of anilines is 1. The van der Waals surface area contributed by atoms with Gasteiger partial charge in [0.2, 0.25) is 5.95 Å². The molecule has 20 heavy (non-hydrogen) atoms. The minimum Gasteiger partial charge on any atom is -0.355 e. The van der Waals surface area contributed by atoms with Crippen LogP contribution < -0.4 is 5.32 Å². The summed E-state index contributed by atoms with van der Waals surface area (Å²) in [6, 6.07) is 4.97. The molecule has 0 unspecified atom stereocenters. The predicted octanol–water partition coefficient (Wildman–Crippen LogP) is 4.41. The van der Waals surface area contributed by atoms with E-state index in [9.17, 15) is 0 Å². The Labute approximate surface area is 125 Å². The highest BCUT2D eigenvalue weighted by molar-refractivity contribution is 7.09. The summed E-state index contributed by atoms with van der Waals surface area (Å²) in [5.74, 6) is 1.06. The molecule has 1 aliphatic carbocycles. The van der Waals surface area contributed by atoms with Crippen LogP contribution in [0.25, 0.3) is 0 Å². The Kier molecular flexibility index (Phi) is 4.41. The molecule has 1 aliphatic rings. The first-order valence-electron chi connectivity index (χ1n) is 7.64. The van der Waals surface area contributed by atoms with Crippen LogP contribution in [0.15, 0.2) is 23.7 Å². The summed E-state index contributed by atoms with van der Waals surface area (Å²) in [6.45, 7) is 3.05. The highest BCUT2D eigenvalue weighted by Gasteiger charge is 2.18. The molecular formula is C16H23N3S. The van der Waals surface area contributed by atoms with Crippen molar-refractivity contribution >= 4 is 17.3 Å². The van der Waals surface area contributed by atoms with E-state index in [0.29, 0.717) is 6.04 Å². The molecule has 1 fully saturated rings. The van der Waals surface area contributed by atoms with Crippen molar-refractivity contribution in [3.8, 4) is 0 Å². The number of hydrogen-bond acceptors (Lipinski definition) is 3. The van der Waals surface area contributed by atoms with Crippen molar-refractivity contribution in [3.05, 3.63) is 34.3 Å². The van der Waals surface area contributed by atoms with Crippen molar-refractivity contribution in [2.45, 2.75) is 51.5 Å². The minimum atomic E-state index is 0.647. The summed E-state index contributed by atoms with van der Waals surface area (Å²) in [5, 5.41) is 5.67. The summed E-state index contributed by atoms with van der Waals surface area (Å²) in [4.78, 5) is 6.10. The molecule has 0 aliphatic heterocycles. The first-order chi connectivity index (χ1) is 9.83. The standard InChI is InChI=1S/C16H23N3S/c1-13-12-19(14-6-3-2-4-7-14)16(18-13)17-10-9-15-8-5-11-20-15/h5,8,11-12,14H,2-4,6-7,9-10H2,1H3,(H,17,18). The van der Waals surface area contributed by atoms with Gasteiger partial charge in [0.15, 0.2) is 0 Å². The lowest BCUT2D eigenvalue weighted by atomic mass is 9.95. The minimum absolute atomic E-state index is 0.647. The molecule has 2 aromatic heterocycles. The summed E-state index contributed by atoms with van der Waals surface area (Å²) in [7, 11) is 0. The summed E-state index contributed by atoms with van der Waals surface area (Å²) in [6.07, 6.45) is 10.0. The van der Waals surface area contributed by atoms with Crippen LogP contribution in [0, 0.1) is 6.92 Å². The highest BCUT2D eigenvalue weighted by Crippen LogP contribution is 2.30. The fourth-order valence-corrected chi connectivity index (χ4v) is 3.75. The fraction of sp³-hybridized carbons (Fsp3) is 0.562. The average molecular weight is 289 g/mol. The van der Waals surface area contributed by atoms with Crippen molar-refractivity contribution in [1.82, 2.24) is 9.55 Å². The quantitative estimate of drug-likeness (QED) is 0.883. The second kappa shape index (κ2) is 6.44. The smallest absolute Gasteiger partial charge is 0.203 e. The van der Waals surface area contributed by atoms with Gasteiger partial charge in [-0.3, -0.25) is 0 Å². The van der Waals surface area contributed by atoms with E-state index in [1.165, 1.54) is 37.0 Å². The van der Waals surface area contributed by atoms with E-state index in [2.05, 4.69) is 45.5 Å². The van der Waals surface area contributed by atoms with Crippen LogP contribution >= 0.6 is 11.3 Å². The van der Waals surface area contributed by atoms with Gasteiger partial charge in [-0.15, -0.1) is 11.3 Å². The maximum absolute atomic E-state index is 4.66. The molecule has 108 valence electrons. The number of nitrogens with one attached hydrogen (secondary N) is 1. The first-order valence-corrected chi connectivity index (χ1v) is 8.52. The Bertz CT molecular complexity index is 524. The zero-order valence-corrected chi connectivity index (χ0v) is 13.0. The molecule has 4 heteroatoms. The Balaban J connectivity index is 1.63. The number of imidazole rings is 1. The van der Waals surface area contributed by atoms with Gasteiger partial charge in [0.05, 0.1) is 5.69 Å². The fourth-order valence-electron chi connectivity index (χ4n) is 3.04. The Morgan fingerprint density at radius 2 is 2.20 bits per heavy atom. The van der Waals surface area contributed by atoms with E-state index in [4.69, 9.17) is 0 Å². The van der Waals surface area contributed by atoms with E-state index in [-0.39, 0.29) is 0 Å². The molecule has 3 nitrogen and oxygen atoms in total. The van der Waals surface area contributed by atoms with Crippen molar-refractivity contribution in [2.75, 3.05) is 11.9 Å². The Morgan fingerprint density at radius 1 is 1.35 bits per heavy atom. The summed E-state index contributed by atoms with van der Waals surface area (Å²) in [5.41, 5.74) is 1.12. The third kappa shape index (κ3) is 3.23. The van der Waals surface area contributed by atoms with Crippen LogP contribution in [0.1, 0.15) is 48.7 Å². The van der Waals surface area contributed by atoms with Gasteiger partial charge in [-0.2, -0.15) is 0 Å². The number of nitrogens with zero attached hydrogens (tertiary/aromatic N) is 2. The van der Waals surface area contributed by atoms with E-state index in [1.54, 1.807) is 0 Å². The maximum atomic E-state index is 4.66. The molecule has 3 rings (SSSR count). The number of aryl methyl sites for hydroxylation is 1. The second-order valence-electron chi connectivity index (χ2n) is 5.66. The summed E-state index contributed by atoms with van der Waals surface area (Å²) >= 11 is 1.83. The SMILES string of the molecule is Cc1cn(C2CCCCC2)c(NCCc2cccs2)n1. The third-order valence-electron chi connectivity index (χ3n) is 4.06. The predicted molar refractivity (Wildman–Crippen MR) is 85.6 cm³/mol. The normalized spacial score (nSPS) is 16.4. The van der Waals surface area contributed by atoms with Crippen LogP contribution in [-0.4, -0.2) is 16.1 Å². The van der Waals surface area contributed by atoms with Gasteiger partial charge >= 0.3 is 0 Å². The number of thiophene rings is 1. The molecular weight excluding hydrogens is 266 g/mol. The monoisotopic (exact) mass is 289 g/mol. The van der Waals surface area contributed by atoms with Crippen LogP contribution in [0.3, 0.4) is 0 Å². The van der Waals surface area contributed by atoms with Crippen LogP contribution in [0.4, 0.5) is 5.95 Å². The molecule has 2 heterocycles. The lowest BCUT2D eigenvalue weighted by Crippen LogP contribution is -2.16. The molecule has 0 spiro atoms.